The van der Waals surface area contributed by atoms with E-state index in [0.717, 1.165) is 17.8 Å². The number of aryl methyl sites for hydroxylation is 1. The molecule has 0 amide bonds. The van der Waals surface area contributed by atoms with E-state index in [0.29, 0.717) is 6.54 Å². The normalized spacial score (nSPS) is 10.6. The van der Waals surface area contributed by atoms with Gasteiger partial charge < -0.3 is 4.57 Å². The standard InChI is InChI=1S/C12H15N3O/c1-3-15-9-11(7-13-15)8-14-6-4-5-12(14)10(2)16/h4-7,9H,3,8H2,1-2H3. The van der Waals surface area contributed by atoms with Gasteiger partial charge in [0.2, 0.25) is 0 Å². The van der Waals surface area contributed by atoms with Gasteiger partial charge in [-0.15, -0.1) is 0 Å². The van der Waals surface area contributed by atoms with Gasteiger partial charge in [0.25, 0.3) is 0 Å². The van der Waals surface area contributed by atoms with Crippen molar-refractivity contribution in [1.29, 1.82) is 0 Å². The third kappa shape index (κ3) is 2.05. The fourth-order valence-electron chi connectivity index (χ4n) is 1.73. The van der Waals surface area contributed by atoms with E-state index < -0.39 is 0 Å². The van der Waals surface area contributed by atoms with Crippen molar-refractivity contribution in [2.24, 2.45) is 0 Å². The summed E-state index contributed by atoms with van der Waals surface area (Å²) in [6.45, 7) is 5.20. The molecule has 2 heterocycles. The maximum absolute atomic E-state index is 11.3. The lowest BCUT2D eigenvalue weighted by molar-refractivity contribution is 0.100. The third-order valence-electron chi connectivity index (χ3n) is 2.55. The highest BCUT2D eigenvalue weighted by Crippen LogP contribution is 2.08. The van der Waals surface area contributed by atoms with Crippen LogP contribution < -0.4 is 0 Å². The first kappa shape index (κ1) is 10.7. The molecule has 0 bridgehead atoms. The van der Waals surface area contributed by atoms with Gasteiger partial charge in [-0.2, -0.15) is 5.10 Å². The molecule has 0 radical (unpaired) electrons. The van der Waals surface area contributed by atoms with Crippen LogP contribution in [0.3, 0.4) is 0 Å². The van der Waals surface area contributed by atoms with E-state index in [1.807, 2.05) is 46.9 Å². The first-order chi connectivity index (χ1) is 7.70. The first-order valence-electron chi connectivity index (χ1n) is 5.38. The van der Waals surface area contributed by atoms with Crippen LogP contribution in [-0.4, -0.2) is 20.1 Å². The number of rotatable bonds is 4. The van der Waals surface area contributed by atoms with Crippen molar-refractivity contribution >= 4 is 5.78 Å². The molecule has 2 aromatic heterocycles. The molecule has 2 aromatic rings. The molecule has 0 atom stereocenters. The highest BCUT2D eigenvalue weighted by Gasteiger charge is 2.06. The van der Waals surface area contributed by atoms with Crippen molar-refractivity contribution in [3.05, 3.63) is 42.0 Å². The molecular weight excluding hydrogens is 202 g/mol. The number of nitrogens with zero attached hydrogens (tertiary/aromatic N) is 3. The lowest BCUT2D eigenvalue weighted by Gasteiger charge is -2.04. The highest BCUT2D eigenvalue weighted by molar-refractivity contribution is 5.92. The molecule has 4 nitrogen and oxygen atoms in total. The summed E-state index contributed by atoms with van der Waals surface area (Å²) >= 11 is 0. The first-order valence-corrected chi connectivity index (χ1v) is 5.38. The van der Waals surface area contributed by atoms with Crippen molar-refractivity contribution in [2.45, 2.75) is 26.9 Å². The monoisotopic (exact) mass is 217 g/mol. The van der Waals surface area contributed by atoms with E-state index in [2.05, 4.69) is 5.10 Å². The molecule has 0 aromatic carbocycles. The fraction of sp³-hybridized carbons (Fsp3) is 0.333. The number of hydrogen-bond donors (Lipinski definition) is 0. The van der Waals surface area contributed by atoms with Gasteiger partial charge in [0.15, 0.2) is 5.78 Å². The summed E-state index contributed by atoms with van der Waals surface area (Å²) in [5, 5.41) is 4.21. The minimum atomic E-state index is 0.0906. The SMILES string of the molecule is CCn1cc(Cn2cccc2C(C)=O)cn1. The van der Waals surface area contributed by atoms with E-state index in [-0.39, 0.29) is 5.78 Å². The predicted octanol–water partition coefficient (Wildman–Crippen LogP) is 1.96. The summed E-state index contributed by atoms with van der Waals surface area (Å²) in [7, 11) is 0. The van der Waals surface area contributed by atoms with Gasteiger partial charge in [0, 0.05) is 31.4 Å². The molecule has 0 saturated carbocycles. The number of hydrogen-bond acceptors (Lipinski definition) is 2. The van der Waals surface area contributed by atoms with Crippen molar-refractivity contribution in [3.63, 3.8) is 0 Å². The average Bonchev–Trinajstić information content (AvgIpc) is 2.87. The van der Waals surface area contributed by atoms with E-state index in [1.165, 1.54) is 0 Å². The Balaban J connectivity index is 2.20. The number of ketones is 1. The molecule has 4 heteroatoms. The van der Waals surface area contributed by atoms with Crippen molar-refractivity contribution in [1.82, 2.24) is 14.3 Å². The molecule has 0 unspecified atom stereocenters. The Labute approximate surface area is 94.5 Å². The molecule has 0 fully saturated rings. The highest BCUT2D eigenvalue weighted by atomic mass is 16.1. The van der Waals surface area contributed by atoms with E-state index in [9.17, 15) is 4.79 Å². The molecular formula is C12H15N3O. The Morgan fingerprint density at radius 3 is 2.94 bits per heavy atom. The van der Waals surface area contributed by atoms with E-state index >= 15 is 0 Å². The van der Waals surface area contributed by atoms with Gasteiger partial charge in [0.05, 0.1) is 18.4 Å². The van der Waals surface area contributed by atoms with Gasteiger partial charge >= 0.3 is 0 Å². The minimum Gasteiger partial charge on any atom is -0.341 e. The van der Waals surface area contributed by atoms with Crippen molar-refractivity contribution < 1.29 is 4.79 Å². The number of carbonyl (C=O) groups excluding carboxylic acids is 1. The molecule has 0 aliphatic heterocycles. The van der Waals surface area contributed by atoms with Gasteiger partial charge in [-0.1, -0.05) is 0 Å². The van der Waals surface area contributed by atoms with E-state index in [4.69, 9.17) is 0 Å². The minimum absolute atomic E-state index is 0.0906. The summed E-state index contributed by atoms with van der Waals surface area (Å²) in [6, 6.07) is 3.73. The third-order valence-corrected chi connectivity index (χ3v) is 2.55. The second-order valence-electron chi connectivity index (χ2n) is 3.78. The zero-order valence-corrected chi connectivity index (χ0v) is 9.55. The summed E-state index contributed by atoms with van der Waals surface area (Å²) in [5.41, 5.74) is 1.85. The van der Waals surface area contributed by atoms with Crippen LogP contribution in [0, 0.1) is 0 Å². The van der Waals surface area contributed by atoms with Gasteiger partial charge in [-0.3, -0.25) is 9.48 Å². The van der Waals surface area contributed by atoms with Gasteiger partial charge in [-0.25, -0.2) is 0 Å². The Bertz CT molecular complexity index is 496. The number of aromatic nitrogens is 3. The van der Waals surface area contributed by atoms with Crippen LogP contribution in [0.15, 0.2) is 30.7 Å². The maximum atomic E-state index is 11.3. The number of Topliss-reactive ketones (excluding diaryl/α,β-unsaturated/α-hetero) is 1. The smallest absolute Gasteiger partial charge is 0.176 e. The zero-order valence-electron chi connectivity index (χ0n) is 9.55. The van der Waals surface area contributed by atoms with Gasteiger partial charge in [0.1, 0.15) is 0 Å². The number of carbonyl (C=O) groups is 1. The van der Waals surface area contributed by atoms with Crippen LogP contribution in [0.4, 0.5) is 0 Å². The van der Waals surface area contributed by atoms with Crippen LogP contribution in [0.1, 0.15) is 29.9 Å². The molecule has 0 aliphatic carbocycles. The summed E-state index contributed by atoms with van der Waals surface area (Å²) in [4.78, 5) is 11.3. The second-order valence-corrected chi connectivity index (χ2v) is 3.78. The Morgan fingerprint density at radius 2 is 2.31 bits per heavy atom. The lowest BCUT2D eigenvalue weighted by atomic mass is 10.3. The Kier molecular flexibility index (Phi) is 2.90. The van der Waals surface area contributed by atoms with Crippen LogP contribution >= 0.6 is 0 Å². The molecule has 0 N–H and O–H groups in total. The summed E-state index contributed by atoms with van der Waals surface area (Å²) < 4.78 is 3.83. The fourth-order valence-corrected chi connectivity index (χ4v) is 1.73. The largest absolute Gasteiger partial charge is 0.341 e. The van der Waals surface area contributed by atoms with Crippen LogP contribution in [0.5, 0.6) is 0 Å². The molecule has 2 rings (SSSR count). The quantitative estimate of drug-likeness (QED) is 0.734. The second kappa shape index (κ2) is 4.35. The topological polar surface area (TPSA) is 39.8 Å². The Hall–Kier alpha value is -1.84. The molecule has 0 spiro atoms. The molecule has 0 aliphatic rings. The zero-order chi connectivity index (χ0) is 11.5. The van der Waals surface area contributed by atoms with Crippen molar-refractivity contribution in [2.75, 3.05) is 0 Å². The van der Waals surface area contributed by atoms with Crippen LogP contribution in [0.25, 0.3) is 0 Å². The van der Waals surface area contributed by atoms with Crippen molar-refractivity contribution in [3.8, 4) is 0 Å². The lowest BCUT2D eigenvalue weighted by Crippen LogP contribution is -2.06. The molecule has 0 saturated heterocycles. The van der Waals surface area contributed by atoms with E-state index in [1.54, 1.807) is 6.92 Å². The van der Waals surface area contributed by atoms with Gasteiger partial charge in [-0.05, 0) is 19.1 Å². The Morgan fingerprint density at radius 1 is 1.50 bits per heavy atom. The molecule has 84 valence electrons. The average molecular weight is 217 g/mol. The summed E-state index contributed by atoms with van der Waals surface area (Å²) in [5.74, 6) is 0.0906. The summed E-state index contributed by atoms with van der Waals surface area (Å²) in [6.07, 6.45) is 5.76. The van der Waals surface area contributed by atoms with Crippen LogP contribution in [0.2, 0.25) is 0 Å². The maximum Gasteiger partial charge on any atom is 0.176 e. The van der Waals surface area contributed by atoms with Crippen LogP contribution in [-0.2, 0) is 13.1 Å². The predicted molar refractivity (Wildman–Crippen MR) is 61.4 cm³/mol. The molecule has 16 heavy (non-hydrogen) atoms.